The molecular formula is C32H61N5O. The molecule has 0 saturated carbocycles. The molecule has 0 aliphatic rings. The van der Waals surface area contributed by atoms with Crippen molar-refractivity contribution in [1.29, 1.82) is 10.5 Å². The summed E-state index contributed by atoms with van der Waals surface area (Å²) in [5, 5.41) is 24.2. The molecule has 2 atom stereocenters. The van der Waals surface area contributed by atoms with Crippen LogP contribution in [0.15, 0.2) is 0 Å². The lowest BCUT2D eigenvalue weighted by atomic mass is 10.0. The Morgan fingerprint density at radius 2 is 1.08 bits per heavy atom. The fourth-order valence-corrected chi connectivity index (χ4v) is 4.84. The smallest absolute Gasteiger partial charge is 0.220 e. The summed E-state index contributed by atoms with van der Waals surface area (Å²) in [5.74, 6) is 0.109. The maximum absolute atomic E-state index is 12.1. The minimum atomic E-state index is -0.217. The van der Waals surface area contributed by atoms with E-state index in [1.807, 2.05) is 18.7 Å². The summed E-state index contributed by atoms with van der Waals surface area (Å²) in [6.45, 7) is 8.49. The maximum Gasteiger partial charge on any atom is 0.220 e. The number of nitrogens with zero attached hydrogens (tertiary/aromatic N) is 3. The van der Waals surface area contributed by atoms with Gasteiger partial charge in [0.2, 0.25) is 5.91 Å². The van der Waals surface area contributed by atoms with Gasteiger partial charge < -0.3 is 10.6 Å². The molecule has 0 spiro atoms. The third-order valence-electron chi connectivity index (χ3n) is 7.51. The first-order chi connectivity index (χ1) is 18.5. The molecule has 0 saturated heterocycles. The molecule has 0 rings (SSSR count). The molecule has 220 valence electrons. The van der Waals surface area contributed by atoms with Crippen molar-refractivity contribution >= 4 is 5.91 Å². The van der Waals surface area contributed by atoms with Crippen molar-refractivity contribution in [2.75, 3.05) is 26.2 Å². The minimum Gasteiger partial charge on any atom is -0.355 e. The van der Waals surface area contributed by atoms with Crippen molar-refractivity contribution in [3.05, 3.63) is 0 Å². The van der Waals surface area contributed by atoms with Crippen LogP contribution in [-0.2, 0) is 4.79 Å². The van der Waals surface area contributed by atoms with Crippen LogP contribution in [0.25, 0.3) is 0 Å². The molecule has 0 fully saturated rings. The fraction of sp³-hybridized carbons (Fsp3) is 0.906. The average Bonchev–Trinajstić information content (AvgIpc) is 2.92. The number of carbonyl (C=O) groups excluding carboxylic acids is 1. The summed E-state index contributed by atoms with van der Waals surface area (Å²) < 4.78 is 0. The summed E-state index contributed by atoms with van der Waals surface area (Å²) in [6, 6.07) is 3.99. The third-order valence-corrected chi connectivity index (χ3v) is 7.51. The molecule has 6 heteroatoms. The third kappa shape index (κ3) is 24.7. The molecule has 0 aromatic heterocycles. The lowest BCUT2D eigenvalue weighted by Gasteiger charge is -2.25. The first kappa shape index (κ1) is 36.4. The monoisotopic (exact) mass is 531 g/mol. The zero-order valence-electron chi connectivity index (χ0n) is 25.4. The number of hydrogen-bond acceptors (Lipinski definition) is 5. The first-order valence-electron chi connectivity index (χ1n) is 16.1. The van der Waals surface area contributed by atoms with E-state index in [0.717, 1.165) is 12.8 Å². The Bertz CT molecular complexity index is 612. The lowest BCUT2D eigenvalue weighted by molar-refractivity contribution is -0.121. The Balaban J connectivity index is 3.49. The molecule has 6 nitrogen and oxygen atoms in total. The van der Waals surface area contributed by atoms with E-state index in [4.69, 9.17) is 5.26 Å². The zero-order chi connectivity index (χ0) is 28.1. The molecule has 0 aliphatic carbocycles. The van der Waals surface area contributed by atoms with Crippen molar-refractivity contribution < 1.29 is 4.79 Å². The van der Waals surface area contributed by atoms with Crippen LogP contribution in [-0.4, -0.2) is 49.1 Å². The Hall–Kier alpha value is -1.63. The van der Waals surface area contributed by atoms with Gasteiger partial charge in [0, 0.05) is 32.6 Å². The zero-order valence-corrected chi connectivity index (χ0v) is 25.4. The number of hydrogen-bond donors (Lipinski definition) is 2. The Labute approximate surface area is 236 Å². The molecule has 2 N–H and O–H groups in total. The highest BCUT2D eigenvalue weighted by atomic mass is 16.1. The Morgan fingerprint density at radius 3 is 1.50 bits per heavy atom. The highest BCUT2D eigenvalue weighted by Gasteiger charge is 2.13. The van der Waals surface area contributed by atoms with Gasteiger partial charge in [-0.15, -0.1) is 0 Å². The molecule has 1 amide bonds. The summed E-state index contributed by atoms with van der Waals surface area (Å²) >= 11 is 0. The second-order valence-electron chi connectivity index (χ2n) is 11.1. The standard InChI is InChI=1S/C32H61N5O/c1-4-5-6-7-8-9-10-11-12-13-14-15-16-17-18-19-20-21-22-23-32(38)36-25-27-37(31(3)29-34)26-24-35-30(2)28-33/h30-31,35H,4-27H2,1-3H3,(H,36,38). The van der Waals surface area contributed by atoms with Gasteiger partial charge >= 0.3 is 0 Å². The van der Waals surface area contributed by atoms with Crippen molar-refractivity contribution in [3.63, 3.8) is 0 Å². The molecule has 0 aliphatic heterocycles. The molecule has 0 bridgehead atoms. The summed E-state index contributed by atoms with van der Waals surface area (Å²) in [5.41, 5.74) is 0. The van der Waals surface area contributed by atoms with Crippen molar-refractivity contribution in [2.45, 2.75) is 161 Å². The van der Waals surface area contributed by atoms with Crippen LogP contribution in [0, 0.1) is 22.7 Å². The van der Waals surface area contributed by atoms with E-state index in [1.54, 1.807) is 0 Å². The summed E-state index contributed by atoms with van der Waals surface area (Å²) in [6.07, 6.45) is 26.3. The highest BCUT2D eigenvalue weighted by molar-refractivity contribution is 5.75. The van der Waals surface area contributed by atoms with Crippen molar-refractivity contribution in [3.8, 4) is 12.1 Å². The topological polar surface area (TPSA) is 91.9 Å². The minimum absolute atomic E-state index is 0.109. The molecule has 0 aromatic rings. The summed E-state index contributed by atoms with van der Waals surface area (Å²) in [4.78, 5) is 14.2. The van der Waals surface area contributed by atoms with E-state index in [2.05, 4.69) is 29.7 Å². The SMILES string of the molecule is CCCCCCCCCCCCCCCCCCCCCC(=O)NCCN(CCNC(C)C#N)C(C)C#N. The molecule has 0 radical (unpaired) electrons. The second-order valence-corrected chi connectivity index (χ2v) is 11.1. The summed E-state index contributed by atoms with van der Waals surface area (Å²) in [7, 11) is 0. The Morgan fingerprint density at radius 1 is 0.658 bits per heavy atom. The van der Waals surface area contributed by atoms with Crippen LogP contribution in [0.4, 0.5) is 0 Å². The van der Waals surface area contributed by atoms with E-state index in [1.165, 1.54) is 109 Å². The maximum atomic E-state index is 12.1. The second kappa shape index (κ2) is 28.4. The molecular weight excluding hydrogens is 470 g/mol. The Kier molecular flexibility index (Phi) is 27.2. The van der Waals surface area contributed by atoms with E-state index in [9.17, 15) is 10.1 Å². The molecule has 0 aromatic carbocycles. The van der Waals surface area contributed by atoms with Crippen LogP contribution >= 0.6 is 0 Å². The predicted octanol–water partition coefficient (Wildman–Crippen LogP) is 7.64. The molecule has 0 heterocycles. The van der Waals surface area contributed by atoms with Crippen LogP contribution < -0.4 is 10.6 Å². The van der Waals surface area contributed by atoms with Crippen LogP contribution in [0.2, 0.25) is 0 Å². The number of carbonyl (C=O) groups is 1. The van der Waals surface area contributed by atoms with Gasteiger partial charge in [-0.2, -0.15) is 10.5 Å². The van der Waals surface area contributed by atoms with Gasteiger partial charge in [0.25, 0.3) is 0 Å². The molecule has 38 heavy (non-hydrogen) atoms. The van der Waals surface area contributed by atoms with Gasteiger partial charge in [-0.3, -0.25) is 9.69 Å². The number of unbranched alkanes of at least 4 members (excludes halogenated alkanes) is 18. The van der Waals surface area contributed by atoms with E-state index in [-0.39, 0.29) is 18.0 Å². The van der Waals surface area contributed by atoms with Gasteiger partial charge in [-0.25, -0.2) is 0 Å². The largest absolute Gasteiger partial charge is 0.355 e. The van der Waals surface area contributed by atoms with Gasteiger partial charge in [0.1, 0.15) is 0 Å². The predicted molar refractivity (Wildman–Crippen MR) is 161 cm³/mol. The van der Waals surface area contributed by atoms with Crippen molar-refractivity contribution in [1.82, 2.24) is 15.5 Å². The van der Waals surface area contributed by atoms with Crippen LogP contribution in [0.1, 0.15) is 149 Å². The normalized spacial score (nSPS) is 12.7. The van der Waals surface area contributed by atoms with E-state index < -0.39 is 0 Å². The van der Waals surface area contributed by atoms with E-state index >= 15 is 0 Å². The average molecular weight is 532 g/mol. The van der Waals surface area contributed by atoms with Gasteiger partial charge in [-0.05, 0) is 20.3 Å². The van der Waals surface area contributed by atoms with Crippen LogP contribution in [0.3, 0.4) is 0 Å². The van der Waals surface area contributed by atoms with Crippen molar-refractivity contribution in [2.24, 2.45) is 0 Å². The number of nitrogens with one attached hydrogen (secondary N) is 2. The number of rotatable bonds is 28. The van der Waals surface area contributed by atoms with Gasteiger partial charge in [-0.1, -0.05) is 122 Å². The van der Waals surface area contributed by atoms with Gasteiger partial charge in [0.05, 0.1) is 24.2 Å². The van der Waals surface area contributed by atoms with Gasteiger partial charge in [0.15, 0.2) is 0 Å². The molecule has 2 unspecified atom stereocenters. The fourth-order valence-electron chi connectivity index (χ4n) is 4.84. The number of amides is 1. The number of nitriles is 2. The van der Waals surface area contributed by atoms with Crippen LogP contribution in [0.5, 0.6) is 0 Å². The highest BCUT2D eigenvalue weighted by Crippen LogP contribution is 2.14. The first-order valence-corrected chi connectivity index (χ1v) is 16.1. The van der Waals surface area contributed by atoms with E-state index in [0.29, 0.717) is 32.6 Å². The quantitative estimate of drug-likeness (QED) is 0.101. The lowest BCUT2D eigenvalue weighted by Crippen LogP contribution is -2.43.